The molecule has 0 aliphatic carbocycles. The van der Waals surface area contributed by atoms with E-state index in [-0.39, 0.29) is 5.78 Å². The van der Waals surface area contributed by atoms with E-state index in [1.165, 1.54) is 0 Å². The van der Waals surface area contributed by atoms with Crippen LogP contribution in [0.4, 0.5) is 0 Å². The van der Waals surface area contributed by atoms with Crippen molar-refractivity contribution in [3.8, 4) is 0 Å². The van der Waals surface area contributed by atoms with Gasteiger partial charge in [-0.15, -0.1) is 0 Å². The lowest BCUT2D eigenvalue weighted by molar-refractivity contribution is 0.0987. The third kappa shape index (κ3) is 3.81. The second-order valence-electron chi connectivity index (χ2n) is 3.41. The molecule has 0 saturated carbocycles. The summed E-state index contributed by atoms with van der Waals surface area (Å²) in [5.74, 6) is 0.129. The van der Waals surface area contributed by atoms with E-state index in [0.717, 1.165) is 11.1 Å². The van der Waals surface area contributed by atoms with Gasteiger partial charge in [0.25, 0.3) is 0 Å². The fourth-order valence-electron chi connectivity index (χ4n) is 1.36. The number of nitrogens with one attached hydrogen (secondary N) is 1. The Morgan fingerprint density at radius 1 is 1.40 bits per heavy atom. The highest BCUT2D eigenvalue weighted by Gasteiger charge is 2.06. The number of hydrogen-bond donors (Lipinski definition) is 1. The number of hydrogen-bond acceptors (Lipinski definition) is 3. The van der Waals surface area contributed by atoms with Gasteiger partial charge < -0.3 is 10.1 Å². The Hall–Kier alpha value is -1.19. The van der Waals surface area contributed by atoms with Crippen molar-refractivity contribution < 1.29 is 9.53 Å². The molecule has 15 heavy (non-hydrogen) atoms. The van der Waals surface area contributed by atoms with Crippen molar-refractivity contribution in [2.75, 3.05) is 26.8 Å². The van der Waals surface area contributed by atoms with Crippen LogP contribution in [0.3, 0.4) is 0 Å². The molecule has 0 radical (unpaired) electrons. The third-order valence-corrected chi connectivity index (χ3v) is 2.21. The van der Waals surface area contributed by atoms with Crippen molar-refractivity contribution in [1.82, 2.24) is 5.32 Å². The first-order valence-corrected chi connectivity index (χ1v) is 5.04. The molecular weight excluding hydrogens is 190 g/mol. The molecule has 0 spiro atoms. The monoisotopic (exact) mass is 207 g/mol. The smallest absolute Gasteiger partial charge is 0.176 e. The van der Waals surface area contributed by atoms with Crippen LogP contribution in [-0.2, 0) is 4.74 Å². The SMILES string of the molecule is COCCNCC(=O)c1ccccc1C. The Labute approximate surface area is 90.4 Å². The topological polar surface area (TPSA) is 38.3 Å². The quantitative estimate of drug-likeness (QED) is 0.566. The van der Waals surface area contributed by atoms with E-state index in [9.17, 15) is 4.79 Å². The number of rotatable bonds is 6. The first-order chi connectivity index (χ1) is 7.25. The number of aryl methyl sites for hydroxylation is 1. The van der Waals surface area contributed by atoms with E-state index < -0.39 is 0 Å². The van der Waals surface area contributed by atoms with Crippen LogP contribution in [0.2, 0.25) is 0 Å². The number of carbonyl (C=O) groups excluding carboxylic acids is 1. The molecule has 3 nitrogen and oxygen atoms in total. The van der Waals surface area contributed by atoms with Gasteiger partial charge in [-0.25, -0.2) is 0 Å². The Kier molecular flexibility index (Phi) is 5.01. The summed E-state index contributed by atoms with van der Waals surface area (Å²) in [7, 11) is 1.64. The lowest BCUT2D eigenvalue weighted by atomic mass is 10.1. The van der Waals surface area contributed by atoms with Crippen LogP contribution in [0, 0.1) is 6.92 Å². The molecule has 0 atom stereocenters. The Bertz CT molecular complexity index is 323. The molecule has 0 saturated heterocycles. The molecule has 0 aromatic heterocycles. The van der Waals surface area contributed by atoms with E-state index in [1.807, 2.05) is 31.2 Å². The summed E-state index contributed by atoms with van der Waals surface area (Å²) in [6.07, 6.45) is 0. The second kappa shape index (κ2) is 6.32. The predicted octanol–water partition coefficient (Wildman–Crippen LogP) is 1.41. The normalized spacial score (nSPS) is 10.3. The summed E-state index contributed by atoms with van der Waals surface area (Å²) in [5, 5.41) is 3.04. The summed E-state index contributed by atoms with van der Waals surface area (Å²) in [5.41, 5.74) is 1.82. The first-order valence-electron chi connectivity index (χ1n) is 5.04. The molecule has 1 aromatic carbocycles. The van der Waals surface area contributed by atoms with Crippen LogP contribution in [0.25, 0.3) is 0 Å². The molecule has 0 fully saturated rings. The fraction of sp³-hybridized carbons (Fsp3) is 0.417. The highest BCUT2D eigenvalue weighted by atomic mass is 16.5. The highest BCUT2D eigenvalue weighted by molar-refractivity contribution is 5.98. The number of carbonyl (C=O) groups is 1. The molecule has 1 rings (SSSR count). The zero-order valence-corrected chi connectivity index (χ0v) is 9.25. The number of Topliss-reactive ketones (excluding diaryl/α,β-unsaturated/α-hetero) is 1. The number of benzene rings is 1. The number of ketones is 1. The molecular formula is C12H17NO2. The van der Waals surface area contributed by atoms with Crippen molar-refractivity contribution in [3.05, 3.63) is 35.4 Å². The van der Waals surface area contributed by atoms with Gasteiger partial charge >= 0.3 is 0 Å². The molecule has 0 bridgehead atoms. The molecule has 0 unspecified atom stereocenters. The summed E-state index contributed by atoms with van der Waals surface area (Å²) in [6.45, 7) is 3.64. The van der Waals surface area contributed by atoms with Gasteiger partial charge in [0.2, 0.25) is 0 Å². The fourth-order valence-corrected chi connectivity index (χ4v) is 1.36. The first kappa shape index (κ1) is 11.9. The van der Waals surface area contributed by atoms with Crippen molar-refractivity contribution in [1.29, 1.82) is 0 Å². The summed E-state index contributed by atoms with van der Waals surface area (Å²) < 4.78 is 4.88. The molecule has 0 amide bonds. The Morgan fingerprint density at radius 3 is 2.80 bits per heavy atom. The van der Waals surface area contributed by atoms with E-state index in [4.69, 9.17) is 4.74 Å². The van der Waals surface area contributed by atoms with Crippen molar-refractivity contribution in [2.45, 2.75) is 6.92 Å². The van der Waals surface area contributed by atoms with Gasteiger partial charge in [0.05, 0.1) is 13.2 Å². The summed E-state index contributed by atoms with van der Waals surface area (Å²) in [4.78, 5) is 11.7. The van der Waals surface area contributed by atoms with Crippen molar-refractivity contribution in [3.63, 3.8) is 0 Å². The van der Waals surface area contributed by atoms with E-state index in [0.29, 0.717) is 19.7 Å². The van der Waals surface area contributed by atoms with E-state index >= 15 is 0 Å². The van der Waals surface area contributed by atoms with Gasteiger partial charge in [0.1, 0.15) is 0 Å². The molecule has 0 heterocycles. The molecule has 1 aromatic rings. The Balaban J connectivity index is 2.44. The predicted molar refractivity (Wildman–Crippen MR) is 60.3 cm³/mol. The summed E-state index contributed by atoms with van der Waals surface area (Å²) in [6, 6.07) is 7.62. The zero-order chi connectivity index (χ0) is 11.1. The van der Waals surface area contributed by atoms with Gasteiger partial charge in [-0.2, -0.15) is 0 Å². The highest BCUT2D eigenvalue weighted by Crippen LogP contribution is 2.06. The van der Waals surface area contributed by atoms with Crippen LogP contribution < -0.4 is 5.32 Å². The van der Waals surface area contributed by atoms with Gasteiger partial charge in [-0.05, 0) is 12.5 Å². The van der Waals surface area contributed by atoms with Gasteiger partial charge in [-0.1, -0.05) is 24.3 Å². The largest absolute Gasteiger partial charge is 0.383 e. The second-order valence-corrected chi connectivity index (χ2v) is 3.41. The average Bonchev–Trinajstić information content (AvgIpc) is 2.25. The van der Waals surface area contributed by atoms with Gasteiger partial charge in [0.15, 0.2) is 5.78 Å². The molecule has 0 aliphatic heterocycles. The van der Waals surface area contributed by atoms with Crippen molar-refractivity contribution in [2.24, 2.45) is 0 Å². The average molecular weight is 207 g/mol. The van der Waals surface area contributed by atoms with Crippen LogP contribution in [0.1, 0.15) is 15.9 Å². The maximum Gasteiger partial charge on any atom is 0.176 e. The standard InChI is InChI=1S/C12H17NO2/c1-10-5-3-4-6-11(10)12(14)9-13-7-8-15-2/h3-6,13H,7-9H2,1-2H3. The molecule has 0 aliphatic rings. The molecule has 1 N–H and O–H groups in total. The molecule has 3 heteroatoms. The lowest BCUT2D eigenvalue weighted by Gasteiger charge is -2.05. The molecule has 82 valence electrons. The lowest BCUT2D eigenvalue weighted by Crippen LogP contribution is -2.26. The van der Waals surface area contributed by atoms with Crippen LogP contribution in [0.5, 0.6) is 0 Å². The van der Waals surface area contributed by atoms with Gasteiger partial charge in [-0.3, -0.25) is 4.79 Å². The third-order valence-electron chi connectivity index (χ3n) is 2.21. The van der Waals surface area contributed by atoms with Crippen LogP contribution >= 0.6 is 0 Å². The number of ether oxygens (including phenoxy) is 1. The Morgan fingerprint density at radius 2 is 2.13 bits per heavy atom. The minimum atomic E-state index is 0.129. The van der Waals surface area contributed by atoms with E-state index in [2.05, 4.69) is 5.32 Å². The van der Waals surface area contributed by atoms with Crippen molar-refractivity contribution >= 4 is 5.78 Å². The number of methoxy groups -OCH3 is 1. The minimum Gasteiger partial charge on any atom is -0.383 e. The summed E-state index contributed by atoms with van der Waals surface area (Å²) >= 11 is 0. The maximum absolute atomic E-state index is 11.7. The zero-order valence-electron chi connectivity index (χ0n) is 9.25. The van der Waals surface area contributed by atoms with E-state index in [1.54, 1.807) is 7.11 Å². The van der Waals surface area contributed by atoms with Crippen LogP contribution in [0.15, 0.2) is 24.3 Å². The minimum absolute atomic E-state index is 0.129. The van der Waals surface area contributed by atoms with Gasteiger partial charge in [0, 0.05) is 19.2 Å². The maximum atomic E-state index is 11.7. The van der Waals surface area contributed by atoms with Crippen LogP contribution in [-0.4, -0.2) is 32.6 Å².